The van der Waals surface area contributed by atoms with Gasteiger partial charge in [0, 0.05) is 11.3 Å². The topological polar surface area (TPSA) is 55.1 Å². The van der Waals surface area contributed by atoms with Gasteiger partial charge < -0.3 is 5.11 Å². The molecule has 1 N–H and O–H groups in total. The number of nitrogens with zero attached hydrogens (tertiary/aromatic N) is 2. The Morgan fingerprint density at radius 3 is 2.72 bits per heavy atom. The fourth-order valence-electron chi connectivity index (χ4n) is 1.99. The molecule has 0 saturated carbocycles. The maximum absolute atomic E-state index is 10.8. The van der Waals surface area contributed by atoms with Crippen LogP contribution in [-0.2, 0) is 11.2 Å². The molecule has 0 amide bonds. The number of benzene rings is 1. The third-order valence-corrected chi connectivity index (χ3v) is 3.26. The van der Waals surface area contributed by atoms with Crippen molar-refractivity contribution in [3.05, 3.63) is 46.8 Å². The molecule has 0 aliphatic carbocycles. The second-order valence-electron chi connectivity index (χ2n) is 4.46. The van der Waals surface area contributed by atoms with E-state index in [-0.39, 0.29) is 6.42 Å². The van der Waals surface area contributed by atoms with Crippen molar-refractivity contribution >= 4 is 5.97 Å². The number of aromatic nitrogens is 2. The number of aryl methyl sites for hydroxylation is 1. The van der Waals surface area contributed by atoms with E-state index in [2.05, 4.69) is 18.1 Å². The molecule has 4 nitrogen and oxygen atoms in total. The van der Waals surface area contributed by atoms with Gasteiger partial charge in [0.2, 0.25) is 0 Å². The zero-order valence-corrected chi connectivity index (χ0v) is 10.8. The second-order valence-corrected chi connectivity index (χ2v) is 4.46. The molecule has 2 aromatic rings. The normalized spacial score (nSPS) is 10.6. The first kappa shape index (κ1) is 12.4. The molecule has 0 unspecified atom stereocenters. The van der Waals surface area contributed by atoms with Gasteiger partial charge in [-0.05, 0) is 38.0 Å². The molecule has 2 rings (SSSR count). The quantitative estimate of drug-likeness (QED) is 0.902. The molecule has 0 radical (unpaired) electrons. The number of carboxylic acid groups (broad SMARTS) is 1. The van der Waals surface area contributed by atoms with Gasteiger partial charge >= 0.3 is 5.97 Å². The minimum absolute atomic E-state index is 0.0106. The molecular weight excluding hydrogens is 228 g/mol. The molecule has 0 spiro atoms. The van der Waals surface area contributed by atoms with Crippen LogP contribution in [0.1, 0.15) is 22.4 Å². The summed E-state index contributed by atoms with van der Waals surface area (Å²) >= 11 is 0. The van der Waals surface area contributed by atoms with Crippen molar-refractivity contribution in [3.8, 4) is 5.69 Å². The van der Waals surface area contributed by atoms with Gasteiger partial charge in [0.05, 0.1) is 18.3 Å². The Morgan fingerprint density at radius 2 is 2.06 bits per heavy atom. The fraction of sp³-hybridized carbons (Fsp3) is 0.286. The van der Waals surface area contributed by atoms with Crippen LogP contribution in [-0.4, -0.2) is 20.9 Å². The average Bonchev–Trinajstić information content (AvgIpc) is 2.64. The van der Waals surface area contributed by atoms with E-state index in [4.69, 9.17) is 5.11 Å². The van der Waals surface area contributed by atoms with Gasteiger partial charge in [-0.3, -0.25) is 4.79 Å². The minimum atomic E-state index is -0.835. The molecular formula is C14H16N2O2. The molecule has 0 atom stereocenters. The summed E-state index contributed by atoms with van der Waals surface area (Å²) in [6.45, 7) is 5.99. The molecule has 0 aliphatic heterocycles. The number of aliphatic carboxylic acids is 1. The van der Waals surface area contributed by atoms with Crippen molar-refractivity contribution in [2.45, 2.75) is 27.2 Å². The molecule has 94 valence electrons. The van der Waals surface area contributed by atoms with E-state index in [1.807, 2.05) is 26.0 Å². The zero-order chi connectivity index (χ0) is 13.3. The predicted octanol–water partition coefficient (Wildman–Crippen LogP) is 2.42. The van der Waals surface area contributed by atoms with Crippen LogP contribution in [0.2, 0.25) is 0 Å². The molecule has 1 heterocycles. The van der Waals surface area contributed by atoms with E-state index >= 15 is 0 Å². The summed E-state index contributed by atoms with van der Waals surface area (Å²) in [5.41, 5.74) is 4.99. The van der Waals surface area contributed by atoms with Crippen LogP contribution in [0.4, 0.5) is 0 Å². The highest BCUT2D eigenvalue weighted by Crippen LogP contribution is 2.20. The summed E-state index contributed by atoms with van der Waals surface area (Å²) in [5.74, 6) is -0.835. The SMILES string of the molecule is Cc1cccc(-n2ncc(CC(=O)O)c2C)c1C. The maximum Gasteiger partial charge on any atom is 0.307 e. The largest absolute Gasteiger partial charge is 0.481 e. The lowest BCUT2D eigenvalue weighted by Gasteiger charge is -2.10. The Balaban J connectivity index is 2.49. The fourth-order valence-corrected chi connectivity index (χ4v) is 1.99. The van der Waals surface area contributed by atoms with Gasteiger partial charge in [0.25, 0.3) is 0 Å². The lowest BCUT2D eigenvalue weighted by atomic mass is 10.1. The predicted molar refractivity (Wildman–Crippen MR) is 69.1 cm³/mol. The number of carboxylic acids is 1. The number of rotatable bonds is 3. The number of hydrogen-bond donors (Lipinski definition) is 1. The van der Waals surface area contributed by atoms with Crippen molar-refractivity contribution in [2.75, 3.05) is 0 Å². The minimum Gasteiger partial charge on any atom is -0.481 e. The van der Waals surface area contributed by atoms with Crippen molar-refractivity contribution in [3.63, 3.8) is 0 Å². The van der Waals surface area contributed by atoms with Crippen LogP contribution in [0.3, 0.4) is 0 Å². The Morgan fingerprint density at radius 1 is 1.33 bits per heavy atom. The molecule has 0 fully saturated rings. The Labute approximate surface area is 106 Å². The van der Waals surface area contributed by atoms with Crippen molar-refractivity contribution in [1.29, 1.82) is 0 Å². The summed E-state index contributed by atoms with van der Waals surface area (Å²) in [7, 11) is 0. The van der Waals surface area contributed by atoms with E-state index in [1.165, 1.54) is 5.56 Å². The highest BCUT2D eigenvalue weighted by molar-refractivity contribution is 5.70. The van der Waals surface area contributed by atoms with E-state index in [0.29, 0.717) is 0 Å². The summed E-state index contributed by atoms with van der Waals surface area (Å²) in [6.07, 6.45) is 1.64. The van der Waals surface area contributed by atoms with Crippen molar-refractivity contribution < 1.29 is 9.90 Å². The van der Waals surface area contributed by atoms with Crippen LogP contribution in [0.25, 0.3) is 5.69 Å². The highest BCUT2D eigenvalue weighted by atomic mass is 16.4. The Kier molecular flexibility index (Phi) is 3.19. The molecule has 0 saturated heterocycles. The van der Waals surface area contributed by atoms with Gasteiger partial charge in [0.1, 0.15) is 0 Å². The molecule has 0 bridgehead atoms. The van der Waals surface area contributed by atoms with E-state index < -0.39 is 5.97 Å². The summed E-state index contributed by atoms with van der Waals surface area (Å²) in [4.78, 5) is 10.8. The third kappa shape index (κ3) is 2.14. The molecule has 18 heavy (non-hydrogen) atoms. The molecule has 1 aromatic heterocycles. The highest BCUT2D eigenvalue weighted by Gasteiger charge is 2.12. The van der Waals surface area contributed by atoms with Gasteiger partial charge in [-0.2, -0.15) is 5.10 Å². The summed E-state index contributed by atoms with van der Waals surface area (Å²) in [6, 6.07) is 6.03. The van der Waals surface area contributed by atoms with Crippen LogP contribution in [0.15, 0.2) is 24.4 Å². The van der Waals surface area contributed by atoms with Crippen LogP contribution in [0.5, 0.6) is 0 Å². The molecule has 1 aromatic carbocycles. The second kappa shape index (κ2) is 4.64. The van der Waals surface area contributed by atoms with Gasteiger partial charge in [-0.1, -0.05) is 12.1 Å². The lowest BCUT2D eigenvalue weighted by molar-refractivity contribution is -0.136. The first-order valence-electron chi connectivity index (χ1n) is 5.82. The third-order valence-electron chi connectivity index (χ3n) is 3.26. The summed E-state index contributed by atoms with van der Waals surface area (Å²) < 4.78 is 1.81. The smallest absolute Gasteiger partial charge is 0.307 e. The van der Waals surface area contributed by atoms with Crippen LogP contribution >= 0.6 is 0 Å². The van der Waals surface area contributed by atoms with Gasteiger partial charge in [-0.25, -0.2) is 4.68 Å². The van der Waals surface area contributed by atoms with Gasteiger partial charge in [0.15, 0.2) is 0 Å². The van der Waals surface area contributed by atoms with Gasteiger partial charge in [-0.15, -0.1) is 0 Å². The maximum atomic E-state index is 10.8. The van der Waals surface area contributed by atoms with E-state index in [0.717, 1.165) is 22.5 Å². The first-order chi connectivity index (χ1) is 8.50. The van der Waals surface area contributed by atoms with E-state index in [1.54, 1.807) is 10.9 Å². The number of hydrogen-bond acceptors (Lipinski definition) is 2. The Hall–Kier alpha value is -2.10. The standard InChI is InChI=1S/C14H16N2O2/c1-9-5-4-6-13(10(9)2)16-11(3)12(8-15-16)7-14(17)18/h4-6,8H,7H2,1-3H3,(H,17,18). The molecule has 0 aliphatic rings. The summed E-state index contributed by atoms with van der Waals surface area (Å²) in [5, 5.41) is 13.1. The Bertz CT molecular complexity index is 600. The first-order valence-corrected chi connectivity index (χ1v) is 5.82. The van der Waals surface area contributed by atoms with Crippen molar-refractivity contribution in [2.24, 2.45) is 0 Å². The van der Waals surface area contributed by atoms with Crippen LogP contribution < -0.4 is 0 Å². The monoisotopic (exact) mass is 244 g/mol. The zero-order valence-electron chi connectivity index (χ0n) is 10.8. The van der Waals surface area contributed by atoms with E-state index in [9.17, 15) is 4.79 Å². The molecule has 4 heteroatoms. The lowest BCUT2D eigenvalue weighted by Crippen LogP contribution is -2.05. The number of carbonyl (C=O) groups is 1. The van der Waals surface area contributed by atoms with Crippen molar-refractivity contribution in [1.82, 2.24) is 9.78 Å². The van der Waals surface area contributed by atoms with Crippen LogP contribution in [0, 0.1) is 20.8 Å². The average molecular weight is 244 g/mol.